The summed E-state index contributed by atoms with van der Waals surface area (Å²) in [5.41, 5.74) is 1.86. The number of rotatable bonds is 8. The monoisotopic (exact) mass is 334 g/mol. The van der Waals surface area contributed by atoms with E-state index in [4.69, 9.17) is 7.17 Å². The van der Waals surface area contributed by atoms with Crippen LogP contribution in [0.1, 0.15) is 73.0 Å². The van der Waals surface area contributed by atoms with Gasteiger partial charge in [0.2, 0.25) is 0 Å². The Labute approximate surface area is 145 Å². The van der Waals surface area contributed by atoms with Crippen molar-refractivity contribution < 1.29 is 12.0 Å². The molecule has 2 nitrogen and oxygen atoms in total. The molecule has 0 amide bonds. The van der Waals surface area contributed by atoms with Gasteiger partial charge in [-0.1, -0.05) is 59.7 Å². The quantitative estimate of drug-likeness (QED) is 0.449. The predicted molar refractivity (Wildman–Crippen MR) is 99.7 cm³/mol. The van der Waals surface area contributed by atoms with Crippen LogP contribution < -0.4 is 0 Å². The second-order valence-electron chi connectivity index (χ2n) is 7.85. The Hall–Kier alpha value is -0.933. The predicted octanol–water partition coefficient (Wildman–Crippen LogP) is 5.72. The first-order valence-electron chi connectivity index (χ1n) is 9.79. The van der Waals surface area contributed by atoms with Gasteiger partial charge in [0.1, 0.15) is 6.29 Å². The van der Waals surface area contributed by atoms with E-state index in [1.165, 1.54) is 0 Å². The maximum absolute atomic E-state index is 11.1. The summed E-state index contributed by atoms with van der Waals surface area (Å²) >= 11 is 0. The fourth-order valence-electron chi connectivity index (χ4n) is 4.02. The lowest BCUT2D eigenvalue weighted by atomic mass is 9.95. The fourth-order valence-corrected chi connectivity index (χ4v) is 9.10. The molecule has 0 N–H and O–H groups in total. The highest BCUT2D eigenvalue weighted by molar-refractivity contribution is 6.77. The first kappa shape index (κ1) is 15.6. The van der Waals surface area contributed by atoms with E-state index >= 15 is 0 Å². The zero-order valence-corrected chi connectivity index (χ0v) is 16.3. The number of carbonyl (C=O) groups is 1. The standard InChI is InChI=1S/C20H32O2Si/c1-15(2)23(16(3)4,17(5)6)22-14-20(10-11-20)19-9-7-8-18(12-19)13-21/h7-9,12-13,15-17H,10-11,14H2,1-6H3/i14D2. The average Bonchev–Trinajstić information content (AvgIpc) is 3.34. The number of benzene rings is 1. The number of hydrogen-bond acceptors (Lipinski definition) is 2. The second kappa shape index (κ2) is 6.90. The fraction of sp³-hybridized carbons (Fsp3) is 0.650. The van der Waals surface area contributed by atoms with Gasteiger partial charge in [0.15, 0.2) is 8.32 Å². The molecule has 23 heavy (non-hydrogen) atoms. The van der Waals surface area contributed by atoms with Gasteiger partial charge in [-0.15, -0.1) is 0 Å². The molecule has 0 radical (unpaired) electrons. The van der Waals surface area contributed by atoms with Gasteiger partial charge >= 0.3 is 0 Å². The van der Waals surface area contributed by atoms with E-state index < -0.39 is 20.3 Å². The van der Waals surface area contributed by atoms with Gasteiger partial charge in [0.25, 0.3) is 0 Å². The summed E-state index contributed by atoms with van der Waals surface area (Å²) in [5.74, 6) is 0. The lowest BCUT2D eigenvalue weighted by Gasteiger charge is -2.43. The van der Waals surface area contributed by atoms with Crippen molar-refractivity contribution in [2.24, 2.45) is 0 Å². The average molecular weight is 335 g/mol. The minimum absolute atomic E-state index is 0.333. The summed E-state index contributed by atoms with van der Waals surface area (Å²) in [6, 6.07) is 7.36. The summed E-state index contributed by atoms with van der Waals surface area (Å²) in [6.07, 6.45) is 2.35. The minimum atomic E-state index is -2.33. The molecule has 0 unspecified atom stereocenters. The highest BCUT2D eigenvalue weighted by Crippen LogP contribution is 2.51. The van der Waals surface area contributed by atoms with Crippen LogP contribution in [0.15, 0.2) is 24.3 Å². The van der Waals surface area contributed by atoms with Crippen molar-refractivity contribution in [3.63, 3.8) is 0 Å². The molecule has 0 spiro atoms. The highest BCUT2D eigenvalue weighted by Gasteiger charge is 2.50. The molecule has 3 heteroatoms. The molecule has 1 fully saturated rings. The molecule has 0 atom stereocenters. The summed E-state index contributed by atoms with van der Waals surface area (Å²) in [5, 5.41) is 0. The topological polar surface area (TPSA) is 26.3 Å². The summed E-state index contributed by atoms with van der Waals surface area (Å²) in [6.45, 7) is 11.3. The molecule has 2 rings (SSSR count). The van der Waals surface area contributed by atoms with Crippen LogP contribution >= 0.6 is 0 Å². The Kier molecular flexibility index (Phi) is 4.67. The van der Waals surface area contributed by atoms with E-state index in [1.54, 1.807) is 6.07 Å². The molecule has 0 bridgehead atoms. The van der Waals surface area contributed by atoms with Crippen LogP contribution in [0.5, 0.6) is 0 Å². The van der Waals surface area contributed by atoms with E-state index in [0.29, 0.717) is 22.2 Å². The summed E-state index contributed by atoms with van der Waals surface area (Å²) in [4.78, 5) is 11.1. The van der Waals surface area contributed by atoms with Crippen molar-refractivity contribution in [1.82, 2.24) is 0 Å². The Morgan fingerprint density at radius 1 is 1.17 bits per heavy atom. The number of hydrogen-bond donors (Lipinski definition) is 0. The van der Waals surface area contributed by atoms with E-state index in [1.807, 2.05) is 18.2 Å². The van der Waals surface area contributed by atoms with Gasteiger partial charge in [-0.25, -0.2) is 0 Å². The van der Waals surface area contributed by atoms with Crippen LogP contribution in [0.2, 0.25) is 16.6 Å². The molecule has 0 aliphatic heterocycles. The first-order valence-corrected chi connectivity index (χ1v) is 10.9. The molecule has 1 aromatic rings. The molecule has 0 aromatic heterocycles. The molecular formula is C20H32O2Si. The number of aldehydes is 1. The molecule has 1 aromatic carbocycles. The SMILES string of the molecule is [2H]C([2H])(O[Si](C(C)C)(C(C)C)C(C)C)C1(c2cccc(C=O)c2)CC1. The van der Waals surface area contributed by atoms with Crippen molar-refractivity contribution in [2.45, 2.75) is 76.4 Å². The van der Waals surface area contributed by atoms with Gasteiger partial charge in [0.05, 0.1) is 2.74 Å². The van der Waals surface area contributed by atoms with Crippen LogP contribution in [0.25, 0.3) is 0 Å². The molecule has 0 saturated heterocycles. The van der Waals surface area contributed by atoms with Crippen molar-refractivity contribution in [3.8, 4) is 0 Å². The van der Waals surface area contributed by atoms with Gasteiger partial charge < -0.3 is 4.43 Å². The van der Waals surface area contributed by atoms with Crippen LogP contribution in [0, 0.1) is 0 Å². The van der Waals surface area contributed by atoms with E-state index in [-0.39, 0.29) is 0 Å². The lowest BCUT2D eigenvalue weighted by Crippen LogP contribution is -2.49. The molecule has 1 aliphatic carbocycles. The molecular weight excluding hydrogens is 300 g/mol. The van der Waals surface area contributed by atoms with E-state index in [9.17, 15) is 4.79 Å². The van der Waals surface area contributed by atoms with Crippen LogP contribution in [0.3, 0.4) is 0 Å². The van der Waals surface area contributed by atoms with Crippen molar-refractivity contribution in [1.29, 1.82) is 0 Å². The van der Waals surface area contributed by atoms with Crippen molar-refractivity contribution in [3.05, 3.63) is 35.4 Å². The van der Waals surface area contributed by atoms with Crippen LogP contribution in [-0.4, -0.2) is 21.2 Å². The van der Waals surface area contributed by atoms with Gasteiger partial charge in [-0.05, 0) is 41.1 Å². The first-order chi connectivity index (χ1) is 11.5. The lowest BCUT2D eigenvalue weighted by molar-refractivity contribution is 0.112. The highest BCUT2D eigenvalue weighted by atomic mass is 28.4. The van der Waals surface area contributed by atoms with Gasteiger partial charge in [0, 0.05) is 17.5 Å². The third-order valence-electron chi connectivity index (χ3n) is 5.46. The number of carbonyl (C=O) groups excluding carboxylic acids is 1. The van der Waals surface area contributed by atoms with Gasteiger partial charge in [-0.2, -0.15) is 0 Å². The van der Waals surface area contributed by atoms with Crippen LogP contribution in [0.4, 0.5) is 0 Å². The van der Waals surface area contributed by atoms with E-state index in [0.717, 1.165) is 24.7 Å². The summed E-state index contributed by atoms with van der Waals surface area (Å²) in [7, 11) is -2.33. The molecule has 0 heterocycles. The molecule has 1 saturated carbocycles. The Morgan fingerprint density at radius 2 is 1.74 bits per heavy atom. The minimum Gasteiger partial charge on any atom is -0.415 e. The maximum Gasteiger partial charge on any atom is 0.200 e. The van der Waals surface area contributed by atoms with Crippen molar-refractivity contribution in [2.75, 3.05) is 6.56 Å². The Morgan fingerprint density at radius 3 is 2.17 bits per heavy atom. The van der Waals surface area contributed by atoms with Crippen LogP contribution in [-0.2, 0) is 9.84 Å². The Bertz CT molecular complexity index is 600. The zero-order valence-electron chi connectivity index (χ0n) is 17.3. The molecule has 128 valence electrons. The van der Waals surface area contributed by atoms with Crippen molar-refractivity contribution >= 4 is 14.6 Å². The zero-order chi connectivity index (χ0) is 19.0. The second-order valence-corrected chi connectivity index (χ2v) is 13.2. The Balaban J connectivity index is 2.44. The normalized spacial score (nSPS) is 19.0. The smallest absolute Gasteiger partial charge is 0.200 e. The summed E-state index contributed by atoms with van der Waals surface area (Å²) < 4.78 is 24.3. The van der Waals surface area contributed by atoms with Gasteiger partial charge in [-0.3, -0.25) is 4.79 Å². The van der Waals surface area contributed by atoms with E-state index in [2.05, 4.69) is 41.5 Å². The maximum atomic E-state index is 11.1. The largest absolute Gasteiger partial charge is 0.415 e. The third kappa shape index (κ3) is 3.46. The molecule has 1 aliphatic rings. The third-order valence-corrected chi connectivity index (χ3v) is 11.3.